The van der Waals surface area contributed by atoms with Crippen LogP contribution in [0.1, 0.15) is 0 Å². The van der Waals surface area contributed by atoms with Gasteiger partial charge in [0, 0.05) is 14.1 Å². The van der Waals surface area contributed by atoms with Gasteiger partial charge in [-0.1, -0.05) is 29.0 Å². The molecule has 7 heteroatoms. The van der Waals surface area contributed by atoms with Gasteiger partial charge in [0.25, 0.3) is 0 Å². The van der Waals surface area contributed by atoms with Gasteiger partial charge < -0.3 is 4.90 Å². The third kappa shape index (κ3) is 3.77. The maximum atomic E-state index is 11.3. The van der Waals surface area contributed by atoms with E-state index in [-0.39, 0.29) is 6.03 Å². The Morgan fingerprint density at radius 3 is 3.00 bits per heavy atom. The number of nitrogens with zero attached hydrogens (tertiary/aromatic N) is 3. The Balaban J connectivity index is 2.53. The van der Waals surface area contributed by atoms with Crippen LogP contribution in [0.4, 0.5) is 9.93 Å². The lowest BCUT2D eigenvalue weighted by Gasteiger charge is -2.08. The summed E-state index contributed by atoms with van der Waals surface area (Å²) in [4.78, 5) is 12.7. The third-order valence-electron chi connectivity index (χ3n) is 1.31. The average Bonchev–Trinajstić information content (AvgIpc) is 2.62. The van der Waals surface area contributed by atoms with Crippen LogP contribution in [0.3, 0.4) is 0 Å². The summed E-state index contributed by atoms with van der Waals surface area (Å²) < 4.78 is 0.752. The summed E-state index contributed by atoms with van der Waals surface area (Å²) in [5, 5.41) is 10.8. The number of hydrogen-bond donors (Lipinski definition) is 1. The molecule has 15 heavy (non-hydrogen) atoms. The summed E-state index contributed by atoms with van der Waals surface area (Å²) >= 11 is 2.73. The summed E-state index contributed by atoms with van der Waals surface area (Å²) in [5.74, 6) is 3.04. The van der Waals surface area contributed by atoms with Gasteiger partial charge in [-0.25, -0.2) is 4.79 Å². The second-order valence-electron chi connectivity index (χ2n) is 2.69. The van der Waals surface area contributed by atoms with E-state index >= 15 is 0 Å². The van der Waals surface area contributed by atoms with Crippen molar-refractivity contribution in [3.8, 4) is 12.3 Å². The fraction of sp³-hybridized carbons (Fsp3) is 0.375. The van der Waals surface area contributed by atoms with Gasteiger partial charge in [0.1, 0.15) is 0 Å². The van der Waals surface area contributed by atoms with Crippen LogP contribution in [0, 0.1) is 12.3 Å². The maximum Gasteiger partial charge on any atom is 0.323 e. The highest BCUT2D eigenvalue weighted by atomic mass is 32.2. The summed E-state index contributed by atoms with van der Waals surface area (Å²) in [6, 6.07) is -0.223. The molecule has 0 saturated carbocycles. The number of nitrogens with one attached hydrogen (secondary N) is 1. The number of hydrogen-bond acceptors (Lipinski definition) is 5. The smallest absolute Gasteiger partial charge is 0.323 e. The number of thioether (sulfide) groups is 1. The quantitative estimate of drug-likeness (QED) is 0.494. The molecule has 80 valence electrons. The molecule has 1 heterocycles. The number of aromatic nitrogens is 2. The molecule has 0 fully saturated rings. The van der Waals surface area contributed by atoms with E-state index in [2.05, 4.69) is 21.4 Å². The van der Waals surface area contributed by atoms with E-state index in [9.17, 15) is 4.79 Å². The molecule has 1 rings (SSSR count). The number of carbonyl (C=O) groups is 1. The van der Waals surface area contributed by atoms with Crippen molar-refractivity contribution in [2.75, 3.05) is 25.2 Å². The van der Waals surface area contributed by atoms with Crippen molar-refractivity contribution in [2.24, 2.45) is 0 Å². The molecule has 0 bridgehead atoms. The first-order valence-electron chi connectivity index (χ1n) is 4.01. The van der Waals surface area contributed by atoms with E-state index in [0.717, 1.165) is 4.34 Å². The van der Waals surface area contributed by atoms with Crippen LogP contribution in [0.5, 0.6) is 0 Å². The predicted octanol–water partition coefficient (Wildman–Crippen LogP) is 1.36. The van der Waals surface area contributed by atoms with Gasteiger partial charge in [0.05, 0.1) is 5.75 Å². The predicted molar refractivity (Wildman–Crippen MR) is 62.2 cm³/mol. The van der Waals surface area contributed by atoms with Gasteiger partial charge in [-0.15, -0.1) is 16.6 Å². The van der Waals surface area contributed by atoms with E-state index in [0.29, 0.717) is 10.9 Å². The topological polar surface area (TPSA) is 58.1 Å². The zero-order valence-corrected chi connectivity index (χ0v) is 9.98. The van der Waals surface area contributed by atoms with Gasteiger partial charge in [0.15, 0.2) is 4.34 Å². The van der Waals surface area contributed by atoms with Gasteiger partial charge >= 0.3 is 6.03 Å². The Morgan fingerprint density at radius 1 is 1.67 bits per heavy atom. The second kappa shape index (κ2) is 5.58. The van der Waals surface area contributed by atoms with Gasteiger partial charge in [-0.05, 0) is 0 Å². The average molecular weight is 242 g/mol. The summed E-state index contributed by atoms with van der Waals surface area (Å²) in [5.41, 5.74) is 0. The van der Waals surface area contributed by atoms with Crippen LogP contribution in [0.2, 0.25) is 0 Å². The van der Waals surface area contributed by atoms with Crippen molar-refractivity contribution in [2.45, 2.75) is 4.34 Å². The Labute approximate surface area is 96.3 Å². The Morgan fingerprint density at radius 2 is 2.40 bits per heavy atom. The molecule has 0 radical (unpaired) electrons. The van der Waals surface area contributed by atoms with Crippen LogP contribution in [0.25, 0.3) is 0 Å². The van der Waals surface area contributed by atoms with E-state index < -0.39 is 0 Å². The van der Waals surface area contributed by atoms with E-state index in [1.807, 2.05) is 0 Å². The molecule has 1 aromatic heterocycles. The first-order chi connectivity index (χ1) is 7.13. The molecule has 0 spiro atoms. The second-order valence-corrected chi connectivity index (χ2v) is 4.89. The monoisotopic (exact) mass is 242 g/mol. The van der Waals surface area contributed by atoms with Crippen molar-refractivity contribution in [3.05, 3.63) is 0 Å². The Kier molecular flexibility index (Phi) is 4.39. The SMILES string of the molecule is C#CCSc1nnc(NC(=O)N(C)C)s1. The van der Waals surface area contributed by atoms with E-state index in [1.54, 1.807) is 14.1 Å². The first-order valence-corrected chi connectivity index (χ1v) is 5.81. The molecule has 5 nitrogen and oxygen atoms in total. The highest BCUT2D eigenvalue weighted by molar-refractivity contribution is 8.01. The number of carbonyl (C=O) groups excluding carboxylic acids is 1. The highest BCUT2D eigenvalue weighted by Gasteiger charge is 2.08. The third-order valence-corrected chi connectivity index (χ3v) is 3.18. The van der Waals surface area contributed by atoms with Gasteiger partial charge in [0.2, 0.25) is 5.13 Å². The Hall–Kier alpha value is -1.26. The molecule has 0 aliphatic rings. The Bertz CT molecular complexity index is 382. The largest absolute Gasteiger partial charge is 0.331 e. The molecule has 0 aromatic carbocycles. The van der Waals surface area contributed by atoms with E-state index in [1.165, 1.54) is 28.0 Å². The number of rotatable bonds is 3. The van der Waals surface area contributed by atoms with Crippen molar-refractivity contribution in [3.63, 3.8) is 0 Å². The molecular weight excluding hydrogens is 232 g/mol. The maximum absolute atomic E-state index is 11.3. The minimum absolute atomic E-state index is 0.223. The number of amides is 2. The first kappa shape index (κ1) is 11.8. The minimum atomic E-state index is -0.223. The van der Waals surface area contributed by atoms with Crippen LogP contribution in [0.15, 0.2) is 4.34 Å². The normalized spacial score (nSPS) is 9.40. The van der Waals surface area contributed by atoms with Crippen molar-refractivity contribution in [1.82, 2.24) is 15.1 Å². The lowest BCUT2D eigenvalue weighted by Crippen LogP contribution is -2.27. The van der Waals surface area contributed by atoms with Gasteiger partial charge in [-0.2, -0.15) is 0 Å². The molecule has 2 amide bonds. The highest BCUT2D eigenvalue weighted by Crippen LogP contribution is 2.24. The molecular formula is C8H10N4OS2. The molecule has 0 saturated heterocycles. The molecule has 1 aromatic rings. The zero-order valence-electron chi connectivity index (χ0n) is 8.35. The van der Waals surface area contributed by atoms with Crippen LogP contribution in [-0.2, 0) is 0 Å². The lowest BCUT2D eigenvalue weighted by molar-refractivity contribution is 0.230. The summed E-state index contributed by atoms with van der Waals surface area (Å²) in [6.45, 7) is 0. The number of terminal acetylenes is 1. The van der Waals surface area contributed by atoms with Crippen LogP contribution < -0.4 is 5.32 Å². The zero-order chi connectivity index (χ0) is 11.3. The molecule has 0 unspecified atom stereocenters. The summed E-state index contributed by atoms with van der Waals surface area (Å²) in [6.07, 6.45) is 5.11. The fourth-order valence-electron chi connectivity index (χ4n) is 0.625. The number of anilines is 1. The lowest BCUT2D eigenvalue weighted by atomic mass is 10.8. The van der Waals surface area contributed by atoms with E-state index in [4.69, 9.17) is 6.42 Å². The fourth-order valence-corrected chi connectivity index (χ4v) is 2.05. The van der Waals surface area contributed by atoms with Crippen LogP contribution >= 0.6 is 23.1 Å². The minimum Gasteiger partial charge on any atom is -0.331 e. The van der Waals surface area contributed by atoms with Gasteiger partial charge in [-0.3, -0.25) is 5.32 Å². The standard InChI is InChI=1S/C8H10N4OS2/c1-4-5-14-8-11-10-6(15-8)9-7(13)12(2)3/h1H,5H2,2-3H3,(H,9,10,13). The number of urea groups is 1. The van der Waals surface area contributed by atoms with Crippen LogP contribution in [-0.4, -0.2) is 41.0 Å². The van der Waals surface area contributed by atoms with Crippen molar-refractivity contribution in [1.29, 1.82) is 0 Å². The van der Waals surface area contributed by atoms with Crippen molar-refractivity contribution >= 4 is 34.3 Å². The molecule has 1 N–H and O–H groups in total. The molecule has 0 aliphatic heterocycles. The molecule has 0 aliphatic carbocycles. The summed E-state index contributed by atoms with van der Waals surface area (Å²) in [7, 11) is 3.31. The van der Waals surface area contributed by atoms with Crippen molar-refractivity contribution < 1.29 is 4.79 Å². The molecule has 0 atom stereocenters.